The number of carbonyl (C=O) groups excluding carboxylic acids is 1. The maximum absolute atomic E-state index is 11.9. The number of aliphatic hydroxyl groups is 1. The van der Waals surface area contributed by atoms with E-state index in [0.717, 1.165) is 12.0 Å². The van der Waals surface area contributed by atoms with E-state index in [0.29, 0.717) is 5.75 Å². The van der Waals surface area contributed by atoms with Crippen molar-refractivity contribution < 1.29 is 14.6 Å². The van der Waals surface area contributed by atoms with E-state index in [-0.39, 0.29) is 18.4 Å². The molecule has 1 aromatic carbocycles. The normalized spacial score (nSPS) is 15.2. The van der Waals surface area contributed by atoms with Crippen molar-refractivity contribution in [3.63, 3.8) is 0 Å². The molecule has 0 heterocycles. The first-order chi connectivity index (χ1) is 9.43. The summed E-state index contributed by atoms with van der Waals surface area (Å²) in [6.07, 6.45) is -0.220. The second-order valence-corrected chi connectivity index (χ2v) is 5.27. The van der Waals surface area contributed by atoms with E-state index in [1.807, 2.05) is 45.0 Å². The summed E-state index contributed by atoms with van der Waals surface area (Å²) >= 11 is 0. The molecule has 0 aliphatic heterocycles. The number of hydrogen-bond donors (Lipinski definition) is 2. The Morgan fingerprint density at radius 1 is 1.40 bits per heavy atom. The Bertz CT molecular complexity index is 433. The van der Waals surface area contributed by atoms with Gasteiger partial charge in [0, 0.05) is 6.54 Å². The highest BCUT2D eigenvalue weighted by Crippen LogP contribution is 2.14. The van der Waals surface area contributed by atoms with Crippen LogP contribution in [0.25, 0.3) is 0 Å². The fourth-order valence-corrected chi connectivity index (χ4v) is 1.77. The van der Waals surface area contributed by atoms with E-state index in [1.165, 1.54) is 0 Å². The van der Waals surface area contributed by atoms with Gasteiger partial charge in [0.25, 0.3) is 5.91 Å². The van der Waals surface area contributed by atoms with E-state index < -0.39 is 12.2 Å². The maximum atomic E-state index is 11.9. The summed E-state index contributed by atoms with van der Waals surface area (Å²) < 4.78 is 5.58. The molecule has 20 heavy (non-hydrogen) atoms. The average Bonchev–Trinajstić information content (AvgIpc) is 2.43. The van der Waals surface area contributed by atoms with Gasteiger partial charge in [0.2, 0.25) is 0 Å². The van der Waals surface area contributed by atoms with Crippen LogP contribution >= 0.6 is 0 Å². The van der Waals surface area contributed by atoms with Crippen LogP contribution in [0.1, 0.15) is 32.8 Å². The molecule has 3 atom stereocenters. The van der Waals surface area contributed by atoms with Gasteiger partial charge in [-0.1, -0.05) is 32.4 Å². The first-order valence-corrected chi connectivity index (χ1v) is 7.13. The van der Waals surface area contributed by atoms with Gasteiger partial charge < -0.3 is 15.2 Å². The van der Waals surface area contributed by atoms with Crippen LogP contribution < -0.4 is 10.1 Å². The zero-order chi connectivity index (χ0) is 15.1. The molecule has 1 aromatic rings. The highest BCUT2D eigenvalue weighted by Gasteiger charge is 2.18. The molecule has 0 saturated carbocycles. The number of ether oxygens (including phenoxy) is 1. The number of carbonyl (C=O) groups is 1. The van der Waals surface area contributed by atoms with Gasteiger partial charge >= 0.3 is 0 Å². The van der Waals surface area contributed by atoms with Gasteiger partial charge in [-0.15, -0.1) is 0 Å². The molecule has 1 amide bonds. The maximum Gasteiger partial charge on any atom is 0.260 e. The van der Waals surface area contributed by atoms with Crippen LogP contribution in [-0.4, -0.2) is 29.8 Å². The molecule has 0 spiro atoms. The van der Waals surface area contributed by atoms with Crippen molar-refractivity contribution in [1.29, 1.82) is 0 Å². The first kappa shape index (κ1) is 16.5. The Morgan fingerprint density at radius 2 is 2.10 bits per heavy atom. The first-order valence-electron chi connectivity index (χ1n) is 7.13. The van der Waals surface area contributed by atoms with Crippen molar-refractivity contribution in [1.82, 2.24) is 5.32 Å². The SMILES string of the molecule is CCC(C)C(O)CNC(=O)C(C)Oc1cccc(C)c1. The predicted molar refractivity (Wildman–Crippen MR) is 79.7 cm³/mol. The van der Waals surface area contributed by atoms with Crippen molar-refractivity contribution in [2.75, 3.05) is 6.54 Å². The average molecular weight is 279 g/mol. The van der Waals surface area contributed by atoms with Crippen LogP contribution in [0, 0.1) is 12.8 Å². The van der Waals surface area contributed by atoms with E-state index >= 15 is 0 Å². The summed E-state index contributed by atoms with van der Waals surface area (Å²) in [6, 6.07) is 7.57. The van der Waals surface area contributed by atoms with E-state index in [4.69, 9.17) is 4.74 Å². The molecular formula is C16H25NO3. The van der Waals surface area contributed by atoms with Gasteiger partial charge in [-0.3, -0.25) is 4.79 Å². The van der Waals surface area contributed by atoms with Crippen molar-refractivity contribution >= 4 is 5.91 Å². The second-order valence-electron chi connectivity index (χ2n) is 5.27. The third-order valence-electron chi connectivity index (χ3n) is 3.46. The molecule has 0 bridgehead atoms. The Hall–Kier alpha value is -1.55. The Balaban J connectivity index is 2.43. The number of amides is 1. The molecule has 4 nitrogen and oxygen atoms in total. The quantitative estimate of drug-likeness (QED) is 0.805. The summed E-state index contributed by atoms with van der Waals surface area (Å²) in [5, 5.41) is 12.5. The van der Waals surface area contributed by atoms with Gasteiger partial charge in [-0.25, -0.2) is 0 Å². The summed E-state index contributed by atoms with van der Waals surface area (Å²) in [4.78, 5) is 11.9. The van der Waals surface area contributed by atoms with E-state index in [1.54, 1.807) is 6.92 Å². The van der Waals surface area contributed by atoms with Crippen LogP contribution in [0.3, 0.4) is 0 Å². The number of benzene rings is 1. The van der Waals surface area contributed by atoms with Crippen LogP contribution in [-0.2, 0) is 4.79 Å². The fourth-order valence-electron chi connectivity index (χ4n) is 1.77. The molecule has 2 N–H and O–H groups in total. The number of hydrogen-bond acceptors (Lipinski definition) is 3. The molecule has 3 unspecified atom stereocenters. The largest absolute Gasteiger partial charge is 0.481 e. The van der Waals surface area contributed by atoms with Crippen LogP contribution in [0.15, 0.2) is 24.3 Å². The highest BCUT2D eigenvalue weighted by atomic mass is 16.5. The van der Waals surface area contributed by atoms with Crippen LogP contribution in [0.5, 0.6) is 5.75 Å². The highest BCUT2D eigenvalue weighted by molar-refractivity contribution is 5.80. The minimum Gasteiger partial charge on any atom is -0.481 e. The molecule has 0 aliphatic rings. The third kappa shape index (κ3) is 5.21. The molecule has 1 rings (SSSR count). The standard InChI is InChI=1S/C16H25NO3/c1-5-12(3)15(18)10-17-16(19)13(4)20-14-8-6-7-11(2)9-14/h6-9,12-13,15,18H,5,10H2,1-4H3,(H,17,19). The summed E-state index contributed by atoms with van der Waals surface area (Å²) in [5.74, 6) is 0.632. The third-order valence-corrected chi connectivity index (χ3v) is 3.46. The summed E-state index contributed by atoms with van der Waals surface area (Å²) in [6.45, 7) is 7.91. The second kappa shape index (κ2) is 7.90. The number of aryl methyl sites for hydroxylation is 1. The number of rotatable bonds is 7. The van der Waals surface area contributed by atoms with Gasteiger partial charge in [0.15, 0.2) is 6.10 Å². The zero-order valence-electron chi connectivity index (χ0n) is 12.7. The molecule has 0 aliphatic carbocycles. The van der Waals surface area contributed by atoms with Gasteiger partial charge in [0.05, 0.1) is 6.10 Å². The van der Waals surface area contributed by atoms with Crippen LogP contribution in [0.4, 0.5) is 0 Å². The lowest BCUT2D eigenvalue weighted by atomic mass is 10.0. The van der Waals surface area contributed by atoms with Crippen molar-refractivity contribution in [2.45, 2.75) is 46.3 Å². The van der Waals surface area contributed by atoms with Crippen LogP contribution in [0.2, 0.25) is 0 Å². The number of aliphatic hydroxyl groups excluding tert-OH is 1. The molecule has 0 aromatic heterocycles. The van der Waals surface area contributed by atoms with E-state index in [2.05, 4.69) is 5.32 Å². The molecular weight excluding hydrogens is 254 g/mol. The zero-order valence-corrected chi connectivity index (χ0v) is 12.7. The van der Waals surface area contributed by atoms with Crippen molar-refractivity contribution in [3.8, 4) is 5.75 Å². The van der Waals surface area contributed by atoms with E-state index in [9.17, 15) is 9.90 Å². The molecule has 112 valence electrons. The van der Waals surface area contributed by atoms with Crippen molar-refractivity contribution in [2.24, 2.45) is 5.92 Å². The minimum absolute atomic E-state index is 0.170. The monoisotopic (exact) mass is 279 g/mol. The number of nitrogens with one attached hydrogen (secondary N) is 1. The summed E-state index contributed by atoms with van der Waals surface area (Å²) in [5.41, 5.74) is 1.09. The lowest BCUT2D eigenvalue weighted by Crippen LogP contribution is -2.41. The summed E-state index contributed by atoms with van der Waals surface area (Å²) in [7, 11) is 0. The van der Waals surface area contributed by atoms with Gasteiger partial charge in [0.1, 0.15) is 5.75 Å². The Morgan fingerprint density at radius 3 is 2.70 bits per heavy atom. The minimum atomic E-state index is -0.582. The lowest BCUT2D eigenvalue weighted by Gasteiger charge is -2.20. The Labute approximate surface area is 121 Å². The molecule has 0 fully saturated rings. The predicted octanol–water partition coefficient (Wildman–Crippen LogP) is 2.29. The van der Waals surface area contributed by atoms with Gasteiger partial charge in [-0.05, 0) is 37.5 Å². The molecule has 0 saturated heterocycles. The molecule has 0 radical (unpaired) electrons. The molecule has 4 heteroatoms. The lowest BCUT2D eigenvalue weighted by molar-refractivity contribution is -0.127. The topological polar surface area (TPSA) is 58.6 Å². The Kier molecular flexibility index (Phi) is 6.52. The van der Waals surface area contributed by atoms with Gasteiger partial charge in [-0.2, -0.15) is 0 Å². The fraction of sp³-hybridized carbons (Fsp3) is 0.562. The van der Waals surface area contributed by atoms with Crippen molar-refractivity contribution in [3.05, 3.63) is 29.8 Å². The smallest absolute Gasteiger partial charge is 0.260 e.